The van der Waals surface area contributed by atoms with Crippen molar-refractivity contribution in [3.8, 4) is 5.88 Å². The van der Waals surface area contributed by atoms with E-state index in [0.29, 0.717) is 14.5 Å². The number of rotatable bonds is 3. The maximum atomic E-state index is 11.8. The monoisotopic (exact) mass is 380 g/mol. The molecule has 116 valence electrons. The van der Waals surface area contributed by atoms with E-state index < -0.39 is 22.3 Å². The number of hydrogen-bond donors (Lipinski definition) is 2. The number of amides is 1. The SMILES string of the molecule is CN1C[C@@H](COc2ncc(N)cc2Br)N(C(=O)O)S1(=O)=O. The fourth-order valence-electron chi connectivity index (χ4n) is 1.90. The highest BCUT2D eigenvalue weighted by Crippen LogP contribution is 2.26. The Balaban J connectivity index is 2.14. The van der Waals surface area contributed by atoms with Crippen molar-refractivity contribution in [2.24, 2.45) is 0 Å². The van der Waals surface area contributed by atoms with Crippen LogP contribution >= 0.6 is 15.9 Å². The second-order valence-electron chi connectivity index (χ2n) is 4.39. The highest BCUT2D eigenvalue weighted by Gasteiger charge is 2.45. The van der Waals surface area contributed by atoms with E-state index in [1.54, 1.807) is 6.07 Å². The Bertz CT molecular complexity index is 667. The molecule has 1 aromatic heterocycles. The van der Waals surface area contributed by atoms with E-state index in [-0.39, 0.29) is 19.0 Å². The summed E-state index contributed by atoms with van der Waals surface area (Å²) in [6.45, 7) is -0.132. The van der Waals surface area contributed by atoms with E-state index in [2.05, 4.69) is 20.9 Å². The van der Waals surface area contributed by atoms with Crippen LogP contribution in [0.2, 0.25) is 0 Å². The maximum absolute atomic E-state index is 11.8. The molecule has 0 aliphatic carbocycles. The summed E-state index contributed by atoms with van der Waals surface area (Å²) in [5.41, 5.74) is 5.98. The van der Waals surface area contributed by atoms with Gasteiger partial charge in [0.05, 0.1) is 16.4 Å². The molecule has 1 aliphatic heterocycles. The molecule has 0 radical (unpaired) electrons. The fourth-order valence-corrected chi connectivity index (χ4v) is 3.74. The fraction of sp³-hybridized carbons (Fsp3) is 0.400. The van der Waals surface area contributed by atoms with E-state index in [1.165, 1.54) is 13.2 Å². The van der Waals surface area contributed by atoms with Gasteiger partial charge in [0.25, 0.3) is 0 Å². The minimum Gasteiger partial charge on any atom is -0.475 e. The molecule has 1 saturated heterocycles. The summed E-state index contributed by atoms with van der Waals surface area (Å²) in [6, 6.07) is 0.734. The van der Waals surface area contributed by atoms with Crippen LogP contribution in [0.4, 0.5) is 10.5 Å². The van der Waals surface area contributed by atoms with Gasteiger partial charge in [0, 0.05) is 13.6 Å². The number of nitrogen functional groups attached to an aromatic ring is 1. The lowest BCUT2D eigenvalue weighted by atomic mass is 10.3. The smallest absolute Gasteiger partial charge is 0.422 e. The van der Waals surface area contributed by atoms with Gasteiger partial charge in [0.1, 0.15) is 12.6 Å². The Kier molecular flexibility index (Phi) is 4.25. The molecule has 21 heavy (non-hydrogen) atoms. The molecule has 1 atom stereocenters. The van der Waals surface area contributed by atoms with Crippen LogP contribution in [-0.2, 0) is 10.2 Å². The van der Waals surface area contributed by atoms with Gasteiger partial charge in [-0.15, -0.1) is 0 Å². The number of carbonyl (C=O) groups is 1. The number of pyridine rings is 1. The maximum Gasteiger partial charge on any atom is 0.422 e. The van der Waals surface area contributed by atoms with Crippen LogP contribution in [0.1, 0.15) is 0 Å². The number of ether oxygens (including phenoxy) is 1. The van der Waals surface area contributed by atoms with Crippen LogP contribution in [0, 0.1) is 0 Å². The van der Waals surface area contributed by atoms with Crippen molar-refractivity contribution in [2.45, 2.75) is 6.04 Å². The molecule has 0 unspecified atom stereocenters. The van der Waals surface area contributed by atoms with E-state index in [0.717, 1.165) is 4.31 Å². The molecular weight excluding hydrogens is 368 g/mol. The van der Waals surface area contributed by atoms with Gasteiger partial charge in [-0.3, -0.25) is 0 Å². The standard InChI is InChI=1S/C10H13BrN4O5S/c1-14-4-7(15(10(16)17)21(14,18)19)5-20-9-8(11)2-6(12)3-13-9/h2-3,7H,4-5,12H2,1H3,(H,16,17)/t7-/m0/s1. The zero-order valence-corrected chi connectivity index (χ0v) is 13.3. The molecule has 0 bridgehead atoms. The summed E-state index contributed by atoms with van der Waals surface area (Å²) in [5, 5.41) is 9.05. The molecule has 0 aromatic carbocycles. The van der Waals surface area contributed by atoms with Gasteiger partial charge in [-0.2, -0.15) is 17.0 Å². The largest absolute Gasteiger partial charge is 0.475 e. The van der Waals surface area contributed by atoms with Crippen molar-refractivity contribution in [1.82, 2.24) is 13.6 Å². The summed E-state index contributed by atoms with van der Waals surface area (Å²) in [5.74, 6) is 0.210. The average Bonchev–Trinajstić information content (AvgIpc) is 2.58. The number of carboxylic acid groups (broad SMARTS) is 1. The zero-order valence-electron chi connectivity index (χ0n) is 10.9. The number of nitrogens with two attached hydrogens (primary N) is 1. The Morgan fingerprint density at radius 2 is 2.33 bits per heavy atom. The number of likely N-dealkylation sites (N-methyl/N-ethyl adjacent to an activating group) is 1. The number of nitrogens with zero attached hydrogens (tertiary/aromatic N) is 3. The molecule has 1 aromatic rings. The van der Waals surface area contributed by atoms with Crippen LogP contribution in [0.3, 0.4) is 0 Å². The summed E-state index contributed by atoms with van der Waals surface area (Å²) >= 11 is 3.21. The number of aromatic nitrogens is 1. The summed E-state index contributed by atoms with van der Waals surface area (Å²) in [6.07, 6.45) is -0.163. The highest BCUT2D eigenvalue weighted by atomic mass is 79.9. The molecule has 9 nitrogen and oxygen atoms in total. The lowest BCUT2D eigenvalue weighted by molar-refractivity contribution is 0.149. The van der Waals surface area contributed by atoms with Crippen LogP contribution < -0.4 is 10.5 Å². The van der Waals surface area contributed by atoms with Gasteiger partial charge < -0.3 is 15.6 Å². The molecule has 0 spiro atoms. The second kappa shape index (κ2) is 5.66. The summed E-state index contributed by atoms with van der Waals surface area (Å²) < 4.78 is 30.9. The summed E-state index contributed by atoms with van der Waals surface area (Å²) in [4.78, 5) is 15.1. The van der Waals surface area contributed by atoms with Crippen molar-refractivity contribution in [3.63, 3.8) is 0 Å². The predicted molar refractivity (Wildman–Crippen MR) is 77.0 cm³/mol. The third kappa shape index (κ3) is 3.04. The lowest BCUT2D eigenvalue weighted by Gasteiger charge is -2.19. The van der Waals surface area contributed by atoms with Crippen molar-refractivity contribution in [1.29, 1.82) is 0 Å². The third-order valence-corrected chi connectivity index (χ3v) is 5.33. The highest BCUT2D eigenvalue weighted by molar-refractivity contribution is 9.10. The Morgan fingerprint density at radius 1 is 1.67 bits per heavy atom. The Morgan fingerprint density at radius 3 is 2.90 bits per heavy atom. The normalized spacial score (nSPS) is 21.4. The molecular formula is C10H13BrN4O5S. The number of anilines is 1. The van der Waals surface area contributed by atoms with Gasteiger partial charge in [-0.05, 0) is 22.0 Å². The van der Waals surface area contributed by atoms with Crippen LogP contribution in [-0.4, -0.2) is 59.5 Å². The van der Waals surface area contributed by atoms with Crippen molar-refractivity contribution in [3.05, 3.63) is 16.7 Å². The van der Waals surface area contributed by atoms with Crippen LogP contribution in [0.25, 0.3) is 0 Å². The lowest BCUT2D eigenvalue weighted by Crippen LogP contribution is -2.42. The van der Waals surface area contributed by atoms with Crippen LogP contribution in [0.5, 0.6) is 5.88 Å². The molecule has 3 N–H and O–H groups in total. The Hall–Kier alpha value is -1.59. The van der Waals surface area contributed by atoms with Gasteiger partial charge in [0.2, 0.25) is 5.88 Å². The Labute approximate surface area is 129 Å². The van der Waals surface area contributed by atoms with Crippen molar-refractivity contribution in [2.75, 3.05) is 25.9 Å². The van der Waals surface area contributed by atoms with E-state index >= 15 is 0 Å². The minimum absolute atomic E-state index is 0.0151. The molecule has 1 amide bonds. The number of hydrogen-bond acceptors (Lipinski definition) is 6. The molecule has 2 heterocycles. The molecule has 11 heteroatoms. The van der Waals surface area contributed by atoms with Crippen LogP contribution in [0.15, 0.2) is 16.7 Å². The third-order valence-electron chi connectivity index (χ3n) is 2.87. The van der Waals surface area contributed by atoms with Gasteiger partial charge >= 0.3 is 16.3 Å². The predicted octanol–water partition coefficient (Wildman–Crippen LogP) is 0.344. The first-order chi connectivity index (χ1) is 9.73. The second-order valence-corrected chi connectivity index (χ2v) is 7.15. The average molecular weight is 381 g/mol. The summed E-state index contributed by atoms with van der Waals surface area (Å²) in [7, 11) is -2.69. The molecule has 1 aliphatic rings. The van der Waals surface area contributed by atoms with Crippen molar-refractivity contribution < 1.29 is 23.1 Å². The molecule has 1 fully saturated rings. The van der Waals surface area contributed by atoms with Gasteiger partial charge in [-0.25, -0.2) is 9.78 Å². The first kappa shape index (κ1) is 15.8. The van der Waals surface area contributed by atoms with E-state index in [9.17, 15) is 13.2 Å². The first-order valence-electron chi connectivity index (χ1n) is 5.76. The van der Waals surface area contributed by atoms with E-state index in [4.69, 9.17) is 15.6 Å². The van der Waals surface area contributed by atoms with E-state index in [1.807, 2.05) is 0 Å². The van der Waals surface area contributed by atoms with Gasteiger partial charge in [0.15, 0.2) is 0 Å². The zero-order chi connectivity index (χ0) is 15.8. The minimum atomic E-state index is -4.00. The van der Waals surface area contributed by atoms with Gasteiger partial charge in [-0.1, -0.05) is 0 Å². The first-order valence-corrected chi connectivity index (χ1v) is 7.95. The topological polar surface area (TPSA) is 126 Å². The quantitative estimate of drug-likeness (QED) is 0.773. The molecule has 2 rings (SSSR count). The van der Waals surface area contributed by atoms with Crippen molar-refractivity contribution >= 4 is 37.9 Å². The molecule has 0 saturated carbocycles. The number of halogens is 1.